The molecule has 2 heterocycles. The van der Waals surface area contributed by atoms with Gasteiger partial charge in [-0.2, -0.15) is 0 Å². The number of benzene rings is 1. The third kappa shape index (κ3) is 2.51. The van der Waals surface area contributed by atoms with Gasteiger partial charge in [-0.05, 0) is 37.9 Å². The van der Waals surface area contributed by atoms with Gasteiger partial charge in [-0.3, -0.25) is 9.36 Å². The van der Waals surface area contributed by atoms with Crippen LogP contribution in [0.1, 0.15) is 61.6 Å². The van der Waals surface area contributed by atoms with Gasteiger partial charge in [0, 0.05) is 23.5 Å². The van der Waals surface area contributed by atoms with E-state index >= 15 is 0 Å². The van der Waals surface area contributed by atoms with Crippen LogP contribution in [-0.2, 0) is 6.42 Å². The number of para-hydroxylation sites is 1. The lowest BCUT2D eigenvalue weighted by molar-refractivity contribution is 0.0899. The number of carbonyl (C=O) groups excluding carboxylic acids is 1. The molecule has 112 valence electrons. The number of hydrogen-bond acceptors (Lipinski definition) is 2. The van der Waals surface area contributed by atoms with E-state index < -0.39 is 0 Å². The molecule has 1 atom stereocenters. The van der Waals surface area contributed by atoms with E-state index in [9.17, 15) is 4.79 Å². The summed E-state index contributed by atoms with van der Waals surface area (Å²) >= 11 is 0. The molecular weight excluding hydrogens is 260 g/mol. The van der Waals surface area contributed by atoms with Crippen molar-refractivity contribution in [2.75, 3.05) is 6.54 Å². The van der Waals surface area contributed by atoms with Crippen molar-refractivity contribution in [1.82, 2.24) is 9.88 Å². The normalized spacial score (nSPS) is 17.9. The maximum atomic E-state index is 12.7. The third-order valence-corrected chi connectivity index (χ3v) is 4.50. The Kier molecular flexibility index (Phi) is 4.11. The third-order valence-electron chi connectivity index (χ3n) is 4.50. The van der Waals surface area contributed by atoms with Gasteiger partial charge >= 0.3 is 0 Å². The van der Waals surface area contributed by atoms with Crippen molar-refractivity contribution in [1.29, 1.82) is 0 Å². The molecule has 0 unspecified atom stereocenters. The number of carbonyl (C=O) groups is 1. The van der Waals surface area contributed by atoms with Crippen molar-refractivity contribution in [3.05, 3.63) is 35.5 Å². The van der Waals surface area contributed by atoms with Gasteiger partial charge in [0.15, 0.2) is 0 Å². The van der Waals surface area contributed by atoms with Crippen molar-refractivity contribution < 1.29 is 4.79 Å². The molecular formula is C18H24N2O. The number of aromatic nitrogens is 1. The molecule has 1 aromatic carbocycles. The maximum Gasteiger partial charge on any atom is 0.231 e. The monoisotopic (exact) mass is 284 g/mol. The summed E-state index contributed by atoms with van der Waals surface area (Å²) in [5.74, 6) is 0.247. The molecule has 0 amide bonds. The molecule has 3 nitrogen and oxygen atoms in total. The molecule has 3 heteroatoms. The van der Waals surface area contributed by atoms with Crippen molar-refractivity contribution in [3.63, 3.8) is 0 Å². The van der Waals surface area contributed by atoms with E-state index in [0.717, 1.165) is 37.7 Å². The summed E-state index contributed by atoms with van der Waals surface area (Å²) in [7, 11) is 0. The first kappa shape index (κ1) is 14.3. The SMILES string of the molecule is CCCCCC(=O)n1c2c(c3ccccc31)CCN[C@H]2C. The van der Waals surface area contributed by atoms with Crippen LogP contribution in [-0.4, -0.2) is 17.0 Å². The summed E-state index contributed by atoms with van der Waals surface area (Å²) in [5.41, 5.74) is 3.63. The topological polar surface area (TPSA) is 34.0 Å². The van der Waals surface area contributed by atoms with Crippen LogP contribution in [0.25, 0.3) is 10.9 Å². The van der Waals surface area contributed by atoms with Gasteiger partial charge in [-0.15, -0.1) is 0 Å². The molecule has 3 rings (SSSR count). The van der Waals surface area contributed by atoms with Crippen LogP contribution >= 0.6 is 0 Å². The lowest BCUT2D eigenvalue weighted by atomic mass is 10.0. The minimum Gasteiger partial charge on any atom is -0.309 e. The molecule has 0 fully saturated rings. The first-order valence-electron chi connectivity index (χ1n) is 8.12. The summed E-state index contributed by atoms with van der Waals surface area (Å²) < 4.78 is 1.98. The number of nitrogens with one attached hydrogen (secondary N) is 1. The van der Waals surface area contributed by atoms with Gasteiger partial charge in [0.1, 0.15) is 0 Å². The zero-order chi connectivity index (χ0) is 14.8. The van der Waals surface area contributed by atoms with Gasteiger partial charge in [-0.1, -0.05) is 38.0 Å². The van der Waals surface area contributed by atoms with E-state index in [1.165, 1.54) is 16.6 Å². The zero-order valence-corrected chi connectivity index (χ0v) is 13.0. The Hall–Kier alpha value is -1.61. The van der Waals surface area contributed by atoms with E-state index in [2.05, 4.69) is 37.4 Å². The fourth-order valence-electron chi connectivity index (χ4n) is 3.46. The average molecular weight is 284 g/mol. The maximum absolute atomic E-state index is 12.7. The molecule has 0 saturated heterocycles. The highest BCUT2D eigenvalue weighted by Crippen LogP contribution is 2.33. The molecule has 0 bridgehead atoms. The molecule has 0 saturated carbocycles. The Balaban J connectivity index is 2.08. The quantitative estimate of drug-likeness (QED) is 0.859. The number of nitrogens with zero attached hydrogens (tertiary/aromatic N) is 1. The Morgan fingerprint density at radius 3 is 2.95 bits per heavy atom. The van der Waals surface area contributed by atoms with Gasteiger partial charge < -0.3 is 5.32 Å². The summed E-state index contributed by atoms with van der Waals surface area (Å²) in [5, 5.41) is 4.74. The van der Waals surface area contributed by atoms with Gasteiger partial charge in [-0.25, -0.2) is 0 Å². The van der Waals surface area contributed by atoms with Crippen molar-refractivity contribution in [3.8, 4) is 0 Å². The molecule has 1 aliphatic heterocycles. The first-order valence-corrected chi connectivity index (χ1v) is 8.12. The van der Waals surface area contributed by atoms with E-state index in [1.807, 2.05) is 10.6 Å². The van der Waals surface area contributed by atoms with E-state index in [-0.39, 0.29) is 11.9 Å². The summed E-state index contributed by atoms with van der Waals surface area (Å²) in [6.07, 6.45) is 4.91. The Morgan fingerprint density at radius 1 is 1.33 bits per heavy atom. The molecule has 0 aliphatic carbocycles. The second kappa shape index (κ2) is 6.02. The van der Waals surface area contributed by atoms with Crippen LogP contribution in [0.2, 0.25) is 0 Å². The fourth-order valence-corrected chi connectivity index (χ4v) is 3.46. The standard InChI is InChI=1S/C18H24N2O/c1-3-4-5-10-17(21)20-16-9-7-6-8-14(16)15-11-12-19-13(2)18(15)20/h6-9,13,19H,3-5,10-12H2,1-2H3/t13-/m0/s1. The van der Waals surface area contributed by atoms with Crippen LogP contribution in [0.15, 0.2) is 24.3 Å². The molecule has 1 aromatic heterocycles. The Morgan fingerprint density at radius 2 is 2.14 bits per heavy atom. The van der Waals surface area contributed by atoms with Gasteiger partial charge in [0.25, 0.3) is 0 Å². The molecule has 21 heavy (non-hydrogen) atoms. The predicted octanol–water partition coefficient (Wildman–Crippen LogP) is 4.07. The van der Waals surface area contributed by atoms with Crippen LogP contribution < -0.4 is 5.32 Å². The highest BCUT2D eigenvalue weighted by molar-refractivity contribution is 5.96. The number of rotatable bonds is 4. The molecule has 1 aliphatic rings. The second-order valence-corrected chi connectivity index (χ2v) is 5.99. The largest absolute Gasteiger partial charge is 0.309 e. The molecule has 0 spiro atoms. The highest BCUT2D eigenvalue weighted by atomic mass is 16.2. The minimum atomic E-state index is 0.247. The molecule has 0 radical (unpaired) electrons. The minimum absolute atomic E-state index is 0.247. The fraction of sp³-hybridized carbons (Fsp3) is 0.500. The average Bonchev–Trinajstić information content (AvgIpc) is 2.84. The number of unbranched alkanes of at least 4 members (excludes halogenated alkanes) is 2. The van der Waals surface area contributed by atoms with E-state index in [1.54, 1.807) is 0 Å². The van der Waals surface area contributed by atoms with Gasteiger partial charge in [0.2, 0.25) is 5.91 Å². The van der Waals surface area contributed by atoms with Crippen molar-refractivity contribution >= 4 is 16.8 Å². The van der Waals surface area contributed by atoms with E-state index in [0.29, 0.717) is 6.42 Å². The highest BCUT2D eigenvalue weighted by Gasteiger charge is 2.26. The smallest absolute Gasteiger partial charge is 0.231 e. The number of fused-ring (bicyclic) bond motifs is 3. The van der Waals surface area contributed by atoms with Crippen LogP contribution in [0.3, 0.4) is 0 Å². The summed E-state index contributed by atoms with van der Waals surface area (Å²) in [6.45, 7) is 5.32. The summed E-state index contributed by atoms with van der Waals surface area (Å²) in [4.78, 5) is 12.7. The van der Waals surface area contributed by atoms with Crippen LogP contribution in [0, 0.1) is 0 Å². The van der Waals surface area contributed by atoms with Crippen LogP contribution in [0.5, 0.6) is 0 Å². The Labute approximate surface area is 126 Å². The van der Waals surface area contributed by atoms with Crippen molar-refractivity contribution in [2.24, 2.45) is 0 Å². The lowest BCUT2D eigenvalue weighted by Gasteiger charge is -2.23. The zero-order valence-electron chi connectivity index (χ0n) is 13.0. The van der Waals surface area contributed by atoms with E-state index in [4.69, 9.17) is 0 Å². The Bertz CT molecular complexity index is 657. The van der Waals surface area contributed by atoms with Crippen molar-refractivity contribution in [2.45, 2.75) is 52.0 Å². The molecule has 1 N–H and O–H groups in total. The first-order chi connectivity index (χ1) is 10.2. The lowest BCUT2D eigenvalue weighted by Crippen LogP contribution is -2.30. The second-order valence-electron chi connectivity index (χ2n) is 5.99. The van der Waals surface area contributed by atoms with Gasteiger partial charge in [0.05, 0.1) is 5.52 Å². The number of hydrogen-bond donors (Lipinski definition) is 1. The van der Waals surface area contributed by atoms with Crippen LogP contribution in [0.4, 0.5) is 0 Å². The predicted molar refractivity (Wildman–Crippen MR) is 86.8 cm³/mol. The molecule has 2 aromatic rings. The summed E-state index contributed by atoms with van der Waals surface area (Å²) in [6, 6.07) is 8.58.